The molecule has 5 nitrogen and oxygen atoms in total. The molecule has 7 heteroatoms. The maximum absolute atomic E-state index is 12.2. The van der Waals surface area contributed by atoms with Crippen molar-refractivity contribution in [3.05, 3.63) is 59.7 Å². The molecule has 3 aromatic rings. The topological polar surface area (TPSA) is 76.1 Å². The van der Waals surface area contributed by atoms with Gasteiger partial charge in [0.25, 0.3) is 0 Å². The molecule has 0 unspecified atom stereocenters. The number of carbonyl (C=O) groups excluding carboxylic acids is 1. The molecule has 1 amide bonds. The van der Waals surface area contributed by atoms with Crippen LogP contribution in [0.5, 0.6) is 0 Å². The number of rotatable bonds is 8. The monoisotopic (exact) mass is 416 g/mol. The number of amides is 1. The number of carbonyl (C=O) groups is 1. The van der Waals surface area contributed by atoms with Gasteiger partial charge in [0.1, 0.15) is 0 Å². The van der Waals surface area contributed by atoms with Gasteiger partial charge in [-0.3, -0.25) is 4.79 Å². The zero-order valence-corrected chi connectivity index (χ0v) is 17.6. The predicted molar refractivity (Wildman–Crippen MR) is 116 cm³/mol. The van der Waals surface area contributed by atoms with Gasteiger partial charge in [0, 0.05) is 6.42 Å². The summed E-state index contributed by atoms with van der Waals surface area (Å²) >= 11 is 1.44. The second-order valence-corrected chi connectivity index (χ2v) is 10.3. The molecule has 148 valence electrons. The summed E-state index contributed by atoms with van der Waals surface area (Å²) in [4.78, 5) is 16.6. The Morgan fingerprint density at radius 3 is 2.61 bits per heavy atom. The quantitative estimate of drug-likeness (QED) is 0.575. The van der Waals surface area contributed by atoms with Crippen molar-refractivity contribution in [2.75, 3.05) is 11.1 Å². The van der Waals surface area contributed by atoms with E-state index >= 15 is 0 Å². The lowest BCUT2D eigenvalue weighted by molar-refractivity contribution is -0.116. The van der Waals surface area contributed by atoms with Crippen LogP contribution >= 0.6 is 11.3 Å². The highest BCUT2D eigenvalue weighted by molar-refractivity contribution is 7.90. The number of benzene rings is 2. The van der Waals surface area contributed by atoms with Crippen LogP contribution in [0.25, 0.3) is 10.2 Å². The summed E-state index contributed by atoms with van der Waals surface area (Å²) in [6.07, 6.45) is 0.449. The smallest absolute Gasteiger partial charge is 0.226 e. The van der Waals surface area contributed by atoms with Crippen LogP contribution in [0.1, 0.15) is 43.7 Å². The summed E-state index contributed by atoms with van der Waals surface area (Å²) in [5.41, 5.74) is 2.86. The van der Waals surface area contributed by atoms with Crippen LogP contribution in [0.4, 0.5) is 5.13 Å². The van der Waals surface area contributed by atoms with E-state index in [0.29, 0.717) is 17.5 Å². The Labute approximate surface area is 169 Å². The van der Waals surface area contributed by atoms with Crippen LogP contribution in [-0.4, -0.2) is 25.1 Å². The van der Waals surface area contributed by atoms with Crippen molar-refractivity contribution < 1.29 is 13.2 Å². The lowest BCUT2D eigenvalue weighted by Crippen LogP contribution is -2.15. The van der Waals surface area contributed by atoms with Gasteiger partial charge >= 0.3 is 0 Å². The van der Waals surface area contributed by atoms with Crippen molar-refractivity contribution in [2.24, 2.45) is 0 Å². The van der Waals surface area contributed by atoms with Crippen LogP contribution < -0.4 is 5.32 Å². The van der Waals surface area contributed by atoms with Crippen LogP contribution in [0, 0.1) is 0 Å². The van der Waals surface area contributed by atoms with E-state index in [-0.39, 0.29) is 23.8 Å². The zero-order valence-electron chi connectivity index (χ0n) is 16.0. The molecule has 3 rings (SSSR count). The van der Waals surface area contributed by atoms with Crippen molar-refractivity contribution in [1.29, 1.82) is 0 Å². The second kappa shape index (κ2) is 8.84. The number of sulfone groups is 1. The molecule has 0 saturated heterocycles. The van der Waals surface area contributed by atoms with Crippen LogP contribution in [0.15, 0.2) is 48.5 Å². The Hall–Kier alpha value is -2.25. The largest absolute Gasteiger partial charge is 0.302 e. The third-order valence-corrected chi connectivity index (χ3v) is 7.03. The molecule has 0 radical (unpaired) electrons. The molecular formula is C21H24N2O3S2. The number of anilines is 1. The summed E-state index contributed by atoms with van der Waals surface area (Å²) in [5.74, 6) is 0.221. The number of nitrogens with one attached hydrogen (secondary N) is 1. The average Bonchev–Trinajstić information content (AvgIpc) is 3.03. The van der Waals surface area contributed by atoms with Gasteiger partial charge in [0.05, 0.1) is 21.7 Å². The highest BCUT2D eigenvalue weighted by Gasteiger charge is 2.14. The Morgan fingerprint density at radius 2 is 1.89 bits per heavy atom. The molecule has 0 saturated carbocycles. The summed E-state index contributed by atoms with van der Waals surface area (Å²) in [6, 6.07) is 15.2. The number of thiazole rings is 1. The second-order valence-electron chi connectivity index (χ2n) is 7.13. The molecule has 0 aliphatic carbocycles. The number of nitrogens with zero attached hydrogens (tertiary/aromatic N) is 1. The van der Waals surface area contributed by atoms with E-state index in [1.54, 1.807) is 12.1 Å². The number of hydrogen-bond acceptors (Lipinski definition) is 5. The van der Waals surface area contributed by atoms with Gasteiger partial charge in [-0.15, -0.1) is 0 Å². The van der Waals surface area contributed by atoms with Crippen molar-refractivity contribution >= 4 is 42.4 Å². The molecule has 0 aliphatic rings. The molecule has 0 bridgehead atoms. The molecule has 1 aromatic heterocycles. The van der Waals surface area contributed by atoms with E-state index in [9.17, 15) is 13.2 Å². The maximum atomic E-state index is 12.2. The first-order chi connectivity index (χ1) is 13.3. The lowest BCUT2D eigenvalue weighted by atomic mass is 10.0. The number of fused-ring (bicyclic) bond motifs is 1. The van der Waals surface area contributed by atoms with Crippen molar-refractivity contribution in [2.45, 2.75) is 38.4 Å². The minimum atomic E-state index is -3.23. The summed E-state index contributed by atoms with van der Waals surface area (Å²) < 4.78 is 25.4. The highest BCUT2D eigenvalue weighted by atomic mass is 32.2. The molecule has 1 N–H and O–H groups in total. The zero-order chi connectivity index (χ0) is 20.1. The molecule has 28 heavy (non-hydrogen) atoms. The molecule has 1 heterocycles. The third-order valence-electron chi connectivity index (χ3n) is 4.41. The molecule has 0 atom stereocenters. The first-order valence-corrected chi connectivity index (χ1v) is 11.9. The molecular weight excluding hydrogens is 392 g/mol. The summed E-state index contributed by atoms with van der Waals surface area (Å²) in [5, 5.41) is 3.34. The SMILES string of the molecule is CC(C)c1ccc2nc(NC(=O)CCCS(=O)(=O)Cc3ccccc3)sc2c1. The minimum Gasteiger partial charge on any atom is -0.302 e. The molecule has 0 aliphatic heterocycles. The van der Waals surface area contributed by atoms with Gasteiger partial charge in [0.15, 0.2) is 15.0 Å². The van der Waals surface area contributed by atoms with Gasteiger partial charge < -0.3 is 5.32 Å². The van der Waals surface area contributed by atoms with Gasteiger partial charge in [-0.2, -0.15) is 0 Å². The normalized spacial score (nSPS) is 11.8. The Bertz CT molecular complexity index is 1060. The van der Waals surface area contributed by atoms with E-state index in [1.165, 1.54) is 16.9 Å². The van der Waals surface area contributed by atoms with Crippen molar-refractivity contribution in [3.8, 4) is 0 Å². The summed E-state index contributed by atoms with van der Waals surface area (Å²) in [6.45, 7) is 4.27. The van der Waals surface area contributed by atoms with Gasteiger partial charge in [0.2, 0.25) is 5.91 Å². The maximum Gasteiger partial charge on any atom is 0.226 e. The Morgan fingerprint density at radius 1 is 1.14 bits per heavy atom. The van der Waals surface area contributed by atoms with E-state index in [0.717, 1.165) is 15.8 Å². The van der Waals surface area contributed by atoms with Crippen molar-refractivity contribution in [3.63, 3.8) is 0 Å². The molecule has 0 spiro atoms. The molecule has 0 fully saturated rings. The highest BCUT2D eigenvalue weighted by Crippen LogP contribution is 2.29. The summed E-state index contributed by atoms with van der Waals surface area (Å²) in [7, 11) is -3.23. The first-order valence-electron chi connectivity index (χ1n) is 9.27. The fourth-order valence-electron chi connectivity index (χ4n) is 2.89. The fourth-order valence-corrected chi connectivity index (χ4v) is 5.25. The third kappa shape index (κ3) is 5.62. The van der Waals surface area contributed by atoms with Crippen LogP contribution in [0.3, 0.4) is 0 Å². The lowest BCUT2D eigenvalue weighted by Gasteiger charge is -2.05. The van der Waals surface area contributed by atoms with Crippen LogP contribution in [0.2, 0.25) is 0 Å². The van der Waals surface area contributed by atoms with E-state index in [2.05, 4.69) is 36.3 Å². The standard InChI is InChI=1S/C21H24N2O3S2/c1-15(2)17-10-11-18-19(13-17)27-21(22-18)23-20(24)9-6-12-28(25,26)14-16-7-4-3-5-8-16/h3-5,7-8,10-11,13,15H,6,9,12,14H2,1-2H3,(H,22,23,24). The van der Waals surface area contributed by atoms with Gasteiger partial charge in [-0.05, 0) is 35.6 Å². The minimum absolute atomic E-state index is 0.00547. The first kappa shape index (κ1) is 20.5. The Kier molecular flexibility index (Phi) is 6.46. The number of hydrogen-bond donors (Lipinski definition) is 1. The predicted octanol–water partition coefficient (Wildman–Crippen LogP) is 4.75. The average molecular weight is 417 g/mol. The van der Waals surface area contributed by atoms with Gasteiger partial charge in [-0.1, -0.05) is 61.6 Å². The van der Waals surface area contributed by atoms with Crippen LogP contribution in [-0.2, 0) is 20.4 Å². The van der Waals surface area contributed by atoms with Crippen molar-refractivity contribution in [1.82, 2.24) is 4.98 Å². The van der Waals surface area contributed by atoms with E-state index in [4.69, 9.17) is 0 Å². The fraction of sp³-hybridized carbons (Fsp3) is 0.333. The van der Waals surface area contributed by atoms with E-state index < -0.39 is 9.84 Å². The number of aromatic nitrogens is 1. The molecule has 2 aromatic carbocycles. The van der Waals surface area contributed by atoms with Gasteiger partial charge in [-0.25, -0.2) is 13.4 Å². The van der Waals surface area contributed by atoms with E-state index in [1.807, 2.05) is 24.3 Å². The Balaban J connectivity index is 1.52.